The zero-order valence-electron chi connectivity index (χ0n) is 15.7. The van der Waals surface area contributed by atoms with Gasteiger partial charge < -0.3 is 14.6 Å². The van der Waals surface area contributed by atoms with Crippen molar-refractivity contribution in [3.63, 3.8) is 0 Å². The van der Waals surface area contributed by atoms with E-state index in [0.717, 1.165) is 22.6 Å². The number of rotatable bonds is 8. The average Bonchev–Trinajstić information content (AvgIpc) is 3.28. The number of nitrogens with zero attached hydrogens (tertiary/aromatic N) is 4. The van der Waals surface area contributed by atoms with Crippen molar-refractivity contribution in [2.75, 3.05) is 7.11 Å². The predicted molar refractivity (Wildman–Crippen MR) is 99.0 cm³/mol. The summed E-state index contributed by atoms with van der Waals surface area (Å²) in [6, 6.07) is 7.47. The summed E-state index contributed by atoms with van der Waals surface area (Å²) in [5.41, 5.74) is 2.89. The number of benzene rings is 1. The van der Waals surface area contributed by atoms with Crippen LogP contribution in [-0.2, 0) is 24.8 Å². The lowest BCUT2D eigenvalue weighted by Crippen LogP contribution is -2.22. The van der Waals surface area contributed by atoms with Crippen LogP contribution >= 0.6 is 0 Å². The van der Waals surface area contributed by atoms with Crippen molar-refractivity contribution in [2.45, 2.75) is 32.7 Å². The molecule has 0 bridgehead atoms. The molecule has 0 unspecified atom stereocenters. The molecular weight excluding hydrogens is 346 g/mol. The van der Waals surface area contributed by atoms with Crippen molar-refractivity contribution in [1.82, 2.24) is 25.2 Å². The number of nitrogens with one attached hydrogen (secondary N) is 1. The third-order valence-corrected chi connectivity index (χ3v) is 4.40. The number of amides is 1. The van der Waals surface area contributed by atoms with E-state index in [2.05, 4.69) is 20.6 Å². The van der Waals surface area contributed by atoms with Crippen LogP contribution < -0.4 is 10.1 Å². The molecule has 142 valence electrons. The Hall–Kier alpha value is -3.16. The molecule has 2 heterocycles. The molecule has 8 heteroatoms. The first-order valence-corrected chi connectivity index (χ1v) is 8.78. The fourth-order valence-electron chi connectivity index (χ4n) is 2.64. The van der Waals surface area contributed by atoms with Gasteiger partial charge in [-0.05, 0) is 25.5 Å². The van der Waals surface area contributed by atoms with E-state index < -0.39 is 0 Å². The number of hydrogen-bond acceptors (Lipinski definition) is 6. The van der Waals surface area contributed by atoms with E-state index >= 15 is 0 Å². The van der Waals surface area contributed by atoms with Crippen molar-refractivity contribution in [3.05, 3.63) is 47.6 Å². The van der Waals surface area contributed by atoms with E-state index in [9.17, 15) is 4.79 Å². The molecule has 0 saturated carbocycles. The number of carbonyl (C=O) groups excluding carboxylic acids is 1. The smallest absolute Gasteiger partial charge is 0.226 e. The minimum Gasteiger partial charge on any atom is -0.497 e. The zero-order valence-corrected chi connectivity index (χ0v) is 15.7. The Morgan fingerprint density at radius 1 is 1.37 bits per heavy atom. The first-order chi connectivity index (χ1) is 13.1. The fourth-order valence-corrected chi connectivity index (χ4v) is 2.64. The van der Waals surface area contributed by atoms with Crippen LogP contribution in [0, 0.1) is 6.92 Å². The summed E-state index contributed by atoms with van der Waals surface area (Å²) in [7, 11) is 3.49. The van der Waals surface area contributed by atoms with E-state index in [4.69, 9.17) is 9.26 Å². The maximum atomic E-state index is 12.0. The van der Waals surface area contributed by atoms with Crippen molar-refractivity contribution in [3.8, 4) is 17.1 Å². The van der Waals surface area contributed by atoms with Gasteiger partial charge in [0.25, 0.3) is 0 Å². The van der Waals surface area contributed by atoms with Gasteiger partial charge in [-0.1, -0.05) is 17.3 Å². The number of ether oxygens (including phenoxy) is 1. The minimum atomic E-state index is -0.00853. The summed E-state index contributed by atoms with van der Waals surface area (Å²) in [5, 5.41) is 11.1. The maximum absolute atomic E-state index is 12.0. The highest BCUT2D eigenvalue weighted by atomic mass is 16.5. The quantitative estimate of drug-likeness (QED) is 0.655. The van der Waals surface area contributed by atoms with Crippen LogP contribution in [0.25, 0.3) is 11.4 Å². The lowest BCUT2D eigenvalue weighted by atomic mass is 10.2. The van der Waals surface area contributed by atoms with Crippen LogP contribution in [0.15, 0.2) is 35.0 Å². The molecule has 1 aromatic carbocycles. The van der Waals surface area contributed by atoms with Crippen LogP contribution in [0.1, 0.15) is 30.0 Å². The highest BCUT2D eigenvalue weighted by Crippen LogP contribution is 2.21. The van der Waals surface area contributed by atoms with Gasteiger partial charge in [0.1, 0.15) is 5.75 Å². The lowest BCUT2D eigenvalue weighted by molar-refractivity contribution is -0.121. The van der Waals surface area contributed by atoms with Gasteiger partial charge in [0.05, 0.1) is 13.3 Å². The van der Waals surface area contributed by atoms with Crippen LogP contribution in [0.2, 0.25) is 0 Å². The zero-order chi connectivity index (χ0) is 19.2. The molecule has 1 N–H and O–H groups in total. The van der Waals surface area contributed by atoms with Crippen molar-refractivity contribution in [2.24, 2.45) is 7.05 Å². The SMILES string of the molecule is COc1cccc(-c2noc(CCCC(=O)NCc3cnn(C)c3C)n2)c1. The standard InChI is InChI=1S/C19H23N5O3/c1-13-15(12-21-24(13)2)11-20-17(25)8-5-9-18-22-19(23-27-18)14-6-4-7-16(10-14)26-3/h4,6-7,10,12H,5,8-9,11H2,1-3H3,(H,20,25). The van der Waals surface area contributed by atoms with Crippen LogP contribution in [0.5, 0.6) is 5.75 Å². The number of hydrogen-bond donors (Lipinski definition) is 1. The first-order valence-electron chi connectivity index (χ1n) is 8.78. The summed E-state index contributed by atoms with van der Waals surface area (Å²) in [6.07, 6.45) is 3.36. The molecule has 2 aromatic heterocycles. The highest BCUT2D eigenvalue weighted by Gasteiger charge is 2.11. The van der Waals surface area contributed by atoms with Crippen molar-refractivity contribution < 1.29 is 14.1 Å². The molecule has 0 aliphatic heterocycles. The topological polar surface area (TPSA) is 95.1 Å². The van der Waals surface area contributed by atoms with Gasteiger partial charge in [0.15, 0.2) is 0 Å². The number of carbonyl (C=O) groups is 1. The molecule has 8 nitrogen and oxygen atoms in total. The Bertz CT molecular complexity index is 916. The molecule has 0 spiro atoms. The molecule has 0 fully saturated rings. The third kappa shape index (κ3) is 4.72. The summed E-state index contributed by atoms with van der Waals surface area (Å²) >= 11 is 0. The summed E-state index contributed by atoms with van der Waals surface area (Å²) in [6.45, 7) is 2.46. The van der Waals surface area contributed by atoms with Crippen molar-refractivity contribution >= 4 is 5.91 Å². The second kappa shape index (κ2) is 8.48. The van der Waals surface area contributed by atoms with Gasteiger partial charge in [-0.2, -0.15) is 10.1 Å². The van der Waals surface area contributed by atoms with Crippen LogP contribution in [0.4, 0.5) is 0 Å². The number of methoxy groups -OCH3 is 1. The molecule has 1 amide bonds. The van der Waals surface area contributed by atoms with Gasteiger partial charge >= 0.3 is 0 Å². The predicted octanol–water partition coefficient (Wildman–Crippen LogP) is 2.43. The molecule has 3 aromatic rings. The van der Waals surface area contributed by atoms with E-state index in [1.54, 1.807) is 18.0 Å². The van der Waals surface area contributed by atoms with Gasteiger partial charge in [0.2, 0.25) is 17.6 Å². The van der Waals surface area contributed by atoms with Crippen LogP contribution in [-0.4, -0.2) is 32.9 Å². The largest absolute Gasteiger partial charge is 0.497 e. The third-order valence-electron chi connectivity index (χ3n) is 4.40. The van der Waals surface area contributed by atoms with Gasteiger partial charge in [-0.25, -0.2) is 0 Å². The summed E-state index contributed by atoms with van der Waals surface area (Å²) < 4.78 is 12.3. The average molecular weight is 369 g/mol. The van der Waals surface area contributed by atoms with E-state index in [1.165, 1.54) is 0 Å². The molecule has 3 rings (SSSR count). The number of aryl methyl sites for hydroxylation is 2. The Labute approximate surface area is 157 Å². The monoisotopic (exact) mass is 369 g/mol. The second-order valence-corrected chi connectivity index (χ2v) is 6.25. The summed E-state index contributed by atoms with van der Waals surface area (Å²) in [4.78, 5) is 16.4. The fraction of sp³-hybridized carbons (Fsp3) is 0.368. The Balaban J connectivity index is 1.46. The van der Waals surface area contributed by atoms with E-state index in [-0.39, 0.29) is 5.91 Å². The Morgan fingerprint density at radius 3 is 2.96 bits per heavy atom. The highest BCUT2D eigenvalue weighted by molar-refractivity contribution is 5.75. The van der Waals surface area contributed by atoms with Gasteiger partial charge in [-0.15, -0.1) is 0 Å². The molecule has 0 aliphatic carbocycles. The van der Waals surface area contributed by atoms with Gasteiger partial charge in [0, 0.05) is 43.3 Å². The first kappa shape index (κ1) is 18.6. The minimum absolute atomic E-state index is 0.00853. The van der Waals surface area contributed by atoms with E-state index in [0.29, 0.717) is 37.5 Å². The Kier molecular flexibility index (Phi) is 5.85. The summed E-state index contributed by atoms with van der Waals surface area (Å²) in [5.74, 6) is 1.76. The van der Waals surface area contributed by atoms with E-state index in [1.807, 2.05) is 38.2 Å². The van der Waals surface area contributed by atoms with Crippen LogP contribution in [0.3, 0.4) is 0 Å². The van der Waals surface area contributed by atoms with Crippen molar-refractivity contribution in [1.29, 1.82) is 0 Å². The number of aromatic nitrogens is 4. The van der Waals surface area contributed by atoms with Gasteiger partial charge in [-0.3, -0.25) is 9.48 Å². The maximum Gasteiger partial charge on any atom is 0.226 e. The molecule has 0 atom stereocenters. The normalized spacial score (nSPS) is 10.8. The molecule has 0 saturated heterocycles. The lowest BCUT2D eigenvalue weighted by Gasteiger charge is -2.04. The molecule has 27 heavy (non-hydrogen) atoms. The second-order valence-electron chi connectivity index (χ2n) is 6.25. The molecule has 0 aliphatic rings. The molecular formula is C19H23N5O3. The Morgan fingerprint density at radius 2 is 2.22 bits per heavy atom. The molecule has 0 radical (unpaired) electrons.